The maximum atomic E-state index is 13.2. The summed E-state index contributed by atoms with van der Waals surface area (Å²) in [4.78, 5) is 27.7. The molecule has 0 radical (unpaired) electrons. The van der Waals surface area contributed by atoms with Gasteiger partial charge in [-0.2, -0.15) is 0 Å². The molecule has 1 atom stereocenters. The summed E-state index contributed by atoms with van der Waals surface area (Å²) in [6.45, 7) is 5.57. The predicted octanol–water partition coefficient (Wildman–Crippen LogP) is 4.34. The highest BCUT2D eigenvalue weighted by atomic mass is 16.5. The Morgan fingerprint density at radius 1 is 0.971 bits per heavy atom. The highest BCUT2D eigenvalue weighted by molar-refractivity contribution is 6.46. The first-order valence-corrected chi connectivity index (χ1v) is 11.8. The molecule has 0 saturated carbocycles. The number of ketones is 1. The van der Waals surface area contributed by atoms with Gasteiger partial charge in [-0.05, 0) is 61.7 Å². The number of benzene rings is 2. The summed E-state index contributed by atoms with van der Waals surface area (Å²) in [5.74, 6) is 0.0846. The average Bonchev–Trinajstić information content (AvgIpc) is 3.13. The number of ether oxygens (including phenoxy) is 4. The van der Waals surface area contributed by atoms with Gasteiger partial charge in [0.2, 0.25) is 0 Å². The average molecular weight is 484 g/mol. The van der Waals surface area contributed by atoms with Gasteiger partial charge in [0.15, 0.2) is 11.5 Å². The summed E-state index contributed by atoms with van der Waals surface area (Å²) in [6, 6.07) is 11.2. The molecule has 8 heteroatoms. The van der Waals surface area contributed by atoms with Crippen LogP contribution in [0.3, 0.4) is 0 Å². The smallest absolute Gasteiger partial charge is 0.295 e. The van der Waals surface area contributed by atoms with Crippen molar-refractivity contribution in [2.24, 2.45) is 0 Å². The van der Waals surface area contributed by atoms with Crippen molar-refractivity contribution in [3.8, 4) is 17.2 Å². The minimum Gasteiger partial charge on any atom is -0.507 e. The summed E-state index contributed by atoms with van der Waals surface area (Å²) in [6.07, 6.45) is 1.38. The van der Waals surface area contributed by atoms with Crippen LogP contribution >= 0.6 is 0 Å². The lowest BCUT2D eigenvalue weighted by Gasteiger charge is -2.26. The molecule has 1 aliphatic rings. The molecule has 2 aromatic rings. The van der Waals surface area contributed by atoms with Crippen LogP contribution in [0.1, 0.15) is 43.9 Å². The lowest BCUT2D eigenvalue weighted by molar-refractivity contribution is -0.140. The van der Waals surface area contributed by atoms with E-state index in [-0.39, 0.29) is 11.3 Å². The quantitative estimate of drug-likeness (QED) is 0.208. The molecule has 35 heavy (non-hydrogen) atoms. The number of amides is 1. The number of hydrogen-bond acceptors (Lipinski definition) is 7. The third-order valence-electron chi connectivity index (χ3n) is 5.70. The minimum atomic E-state index is -0.784. The summed E-state index contributed by atoms with van der Waals surface area (Å²) < 4.78 is 21.9. The number of likely N-dealkylation sites (tertiary alicyclic amines) is 1. The van der Waals surface area contributed by atoms with Crippen molar-refractivity contribution in [1.82, 2.24) is 4.90 Å². The van der Waals surface area contributed by atoms with Crippen molar-refractivity contribution in [2.75, 3.05) is 40.6 Å². The van der Waals surface area contributed by atoms with E-state index < -0.39 is 17.7 Å². The Morgan fingerprint density at radius 2 is 1.71 bits per heavy atom. The standard InChI is InChI=1S/C27H33NO7/c1-5-15-35-21-13-10-19(17-22(21)34-6-2)24-23(25(29)18-8-11-20(33-4)12-9-18)26(30)27(31)28(24)14-7-16-32-3/h8-13,17,24,29H,5-7,14-16H2,1-4H3. The molecule has 2 aromatic carbocycles. The van der Waals surface area contributed by atoms with E-state index in [1.54, 1.807) is 56.7 Å². The monoisotopic (exact) mass is 483 g/mol. The fraction of sp³-hybridized carbons (Fsp3) is 0.407. The SMILES string of the molecule is CCCOc1ccc(C2C(=C(O)c3ccc(OC)cc3)C(=O)C(=O)N2CCCOC)cc1OCC. The van der Waals surface area contributed by atoms with E-state index in [0.717, 1.165) is 6.42 Å². The fourth-order valence-corrected chi connectivity index (χ4v) is 4.04. The lowest BCUT2D eigenvalue weighted by atomic mass is 9.95. The van der Waals surface area contributed by atoms with E-state index in [4.69, 9.17) is 18.9 Å². The Labute approximate surface area is 206 Å². The van der Waals surface area contributed by atoms with E-state index in [1.165, 1.54) is 4.90 Å². The second-order valence-electron chi connectivity index (χ2n) is 8.05. The fourth-order valence-electron chi connectivity index (χ4n) is 4.04. The number of methoxy groups -OCH3 is 2. The molecule has 0 aliphatic carbocycles. The van der Waals surface area contributed by atoms with Crippen LogP contribution in [0.2, 0.25) is 0 Å². The van der Waals surface area contributed by atoms with Gasteiger partial charge < -0.3 is 29.0 Å². The molecule has 0 spiro atoms. The topological polar surface area (TPSA) is 94.5 Å². The number of hydrogen-bond donors (Lipinski definition) is 1. The first kappa shape index (κ1) is 26.1. The van der Waals surface area contributed by atoms with Crippen LogP contribution in [0.15, 0.2) is 48.0 Å². The third-order valence-corrected chi connectivity index (χ3v) is 5.70. The van der Waals surface area contributed by atoms with Crippen LogP contribution in [0.5, 0.6) is 17.2 Å². The predicted molar refractivity (Wildman–Crippen MR) is 132 cm³/mol. The zero-order chi connectivity index (χ0) is 25.4. The van der Waals surface area contributed by atoms with E-state index in [0.29, 0.717) is 61.2 Å². The number of carbonyl (C=O) groups excluding carboxylic acids is 2. The van der Waals surface area contributed by atoms with Crippen LogP contribution in [0, 0.1) is 0 Å². The van der Waals surface area contributed by atoms with E-state index in [9.17, 15) is 14.7 Å². The molecular weight excluding hydrogens is 450 g/mol. The van der Waals surface area contributed by atoms with Crippen molar-refractivity contribution in [3.05, 3.63) is 59.2 Å². The van der Waals surface area contributed by atoms with Crippen LogP contribution in [0.25, 0.3) is 5.76 Å². The molecule has 1 N–H and O–H groups in total. The second-order valence-corrected chi connectivity index (χ2v) is 8.05. The van der Waals surface area contributed by atoms with E-state index in [2.05, 4.69) is 0 Å². The normalized spacial score (nSPS) is 17.0. The number of carbonyl (C=O) groups is 2. The molecule has 3 rings (SSSR count). The number of aliphatic hydroxyl groups excluding tert-OH is 1. The number of aliphatic hydroxyl groups is 1. The molecule has 1 amide bonds. The van der Waals surface area contributed by atoms with Gasteiger partial charge in [-0.15, -0.1) is 0 Å². The number of Topliss-reactive ketones (excluding diaryl/α,β-unsaturated/α-hetero) is 1. The number of rotatable bonds is 12. The zero-order valence-corrected chi connectivity index (χ0v) is 20.7. The summed E-state index contributed by atoms with van der Waals surface area (Å²) in [5, 5.41) is 11.2. The molecule has 1 fully saturated rings. The Morgan fingerprint density at radius 3 is 2.34 bits per heavy atom. The maximum absolute atomic E-state index is 13.2. The first-order chi connectivity index (χ1) is 17.0. The molecular formula is C27H33NO7. The van der Waals surface area contributed by atoms with Gasteiger partial charge in [-0.25, -0.2) is 0 Å². The summed E-state index contributed by atoms with van der Waals surface area (Å²) in [5.41, 5.74) is 1.09. The van der Waals surface area contributed by atoms with Gasteiger partial charge in [-0.1, -0.05) is 13.0 Å². The van der Waals surface area contributed by atoms with E-state index >= 15 is 0 Å². The highest BCUT2D eigenvalue weighted by Crippen LogP contribution is 2.42. The van der Waals surface area contributed by atoms with Gasteiger partial charge in [0, 0.05) is 25.8 Å². The van der Waals surface area contributed by atoms with Crippen molar-refractivity contribution in [1.29, 1.82) is 0 Å². The summed E-state index contributed by atoms with van der Waals surface area (Å²) in [7, 11) is 3.13. The first-order valence-electron chi connectivity index (χ1n) is 11.8. The Balaban J connectivity index is 2.12. The van der Waals surface area contributed by atoms with Crippen LogP contribution in [-0.4, -0.2) is 62.3 Å². The largest absolute Gasteiger partial charge is 0.507 e. The Hall–Kier alpha value is -3.52. The molecule has 0 aromatic heterocycles. The van der Waals surface area contributed by atoms with Crippen molar-refractivity contribution < 1.29 is 33.6 Å². The molecule has 0 bridgehead atoms. The van der Waals surface area contributed by atoms with Crippen molar-refractivity contribution in [3.63, 3.8) is 0 Å². The Kier molecular flexibility index (Phi) is 9.14. The van der Waals surface area contributed by atoms with Crippen LogP contribution in [0.4, 0.5) is 0 Å². The summed E-state index contributed by atoms with van der Waals surface area (Å²) >= 11 is 0. The minimum absolute atomic E-state index is 0.0299. The zero-order valence-electron chi connectivity index (χ0n) is 20.7. The van der Waals surface area contributed by atoms with Crippen molar-refractivity contribution >= 4 is 17.4 Å². The second kappa shape index (κ2) is 12.3. The van der Waals surface area contributed by atoms with Crippen LogP contribution < -0.4 is 14.2 Å². The Bertz CT molecular complexity index is 1060. The highest BCUT2D eigenvalue weighted by Gasteiger charge is 2.46. The molecule has 188 valence electrons. The van der Waals surface area contributed by atoms with Gasteiger partial charge >= 0.3 is 0 Å². The van der Waals surface area contributed by atoms with Gasteiger partial charge in [0.05, 0.1) is 31.9 Å². The molecule has 1 aliphatic heterocycles. The third kappa shape index (κ3) is 5.77. The molecule has 1 heterocycles. The van der Waals surface area contributed by atoms with Gasteiger partial charge in [0.25, 0.3) is 11.7 Å². The lowest BCUT2D eigenvalue weighted by Crippen LogP contribution is -2.31. The molecule has 1 unspecified atom stereocenters. The van der Waals surface area contributed by atoms with Gasteiger partial charge in [-0.3, -0.25) is 9.59 Å². The number of nitrogens with zero attached hydrogens (tertiary/aromatic N) is 1. The molecule has 8 nitrogen and oxygen atoms in total. The van der Waals surface area contributed by atoms with E-state index in [1.807, 2.05) is 13.8 Å². The maximum Gasteiger partial charge on any atom is 0.295 e. The van der Waals surface area contributed by atoms with Gasteiger partial charge in [0.1, 0.15) is 11.5 Å². The van der Waals surface area contributed by atoms with Crippen LogP contribution in [-0.2, 0) is 14.3 Å². The molecule has 1 saturated heterocycles. The van der Waals surface area contributed by atoms with Crippen molar-refractivity contribution in [2.45, 2.75) is 32.7 Å².